The SMILES string of the molecule is CCCn1c(C2CCCNC2)nc2cc(OC)ccc21. The number of benzene rings is 1. The molecule has 1 atom stereocenters. The molecule has 2 aromatic rings. The molecule has 1 N–H and O–H groups in total. The number of ether oxygens (including phenoxy) is 1. The average Bonchev–Trinajstić information content (AvgIpc) is 2.86. The number of nitrogens with zero attached hydrogens (tertiary/aromatic N) is 2. The third-order valence-electron chi connectivity index (χ3n) is 4.09. The molecule has 4 heteroatoms. The number of imidazole rings is 1. The van der Waals surface area contributed by atoms with Gasteiger partial charge in [-0.05, 0) is 37.9 Å². The fourth-order valence-corrected chi connectivity index (χ4v) is 3.10. The minimum absolute atomic E-state index is 0.536. The van der Waals surface area contributed by atoms with Crippen LogP contribution in [0.2, 0.25) is 0 Å². The zero-order valence-electron chi connectivity index (χ0n) is 12.4. The summed E-state index contributed by atoms with van der Waals surface area (Å²) < 4.78 is 7.71. The molecule has 3 rings (SSSR count). The van der Waals surface area contributed by atoms with Crippen molar-refractivity contribution in [2.45, 2.75) is 38.6 Å². The van der Waals surface area contributed by atoms with E-state index >= 15 is 0 Å². The van der Waals surface area contributed by atoms with E-state index in [9.17, 15) is 0 Å². The summed E-state index contributed by atoms with van der Waals surface area (Å²) in [5.41, 5.74) is 2.28. The first-order chi connectivity index (χ1) is 9.83. The first-order valence-electron chi connectivity index (χ1n) is 7.58. The van der Waals surface area contributed by atoms with E-state index in [-0.39, 0.29) is 0 Å². The Labute approximate surface area is 120 Å². The van der Waals surface area contributed by atoms with Gasteiger partial charge >= 0.3 is 0 Å². The predicted octanol–water partition coefficient (Wildman–Crippen LogP) is 2.92. The maximum absolute atomic E-state index is 5.32. The van der Waals surface area contributed by atoms with Crippen molar-refractivity contribution in [1.29, 1.82) is 0 Å². The van der Waals surface area contributed by atoms with Crippen molar-refractivity contribution in [2.24, 2.45) is 0 Å². The largest absolute Gasteiger partial charge is 0.497 e. The third kappa shape index (κ3) is 2.40. The molecule has 0 aliphatic carbocycles. The van der Waals surface area contributed by atoms with Gasteiger partial charge < -0.3 is 14.6 Å². The van der Waals surface area contributed by atoms with Crippen molar-refractivity contribution in [2.75, 3.05) is 20.2 Å². The number of fused-ring (bicyclic) bond motifs is 1. The first kappa shape index (κ1) is 13.4. The van der Waals surface area contributed by atoms with E-state index in [1.807, 2.05) is 12.1 Å². The Morgan fingerprint density at radius 2 is 2.35 bits per heavy atom. The molecule has 0 bridgehead atoms. The number of hydrogen-bond acceptors (Lipinski definition) is 3. The standard InChI is InChI=1S/C16H23N3O/c1-3-9-19-15-7-6-13(20-2)10-14(15)18-16(19)12-5-4-8-17-11-12/h6-7,10,12,17H,3-5,8-9,11H2,1-2H3. The van der Waals surface area contributed by atoms with Gasteiger partial charge in [-0.2, -0.15) is 0 Å². The van der Waals surface area contributed by atoms with Gasteiger partial charge in [0.15, 0.2) is 0 Å². The van der Waals surface area contributed by atoms with Crippen LogP contribution in [0.5, 0.6) is 5.75 Å². The van der Waals surface area contributed by atoms with Crippen molar-refractivity contribution in [3.63, 3.8) is 0 Å². The van der Waals surface area contributed by atoms with Crippen molar-refractivity contribution in [3.05, 3.63) is 24.0 Å². The van der Waals surface area contributed by atoms with Gasteiger partial charge in [0.2, 0.25) is 0 Å². The van der Waals surface area contributed by atoms with E-state index in [1.54, 1.807) is 7.11 Å². The zero-order chi connectivity index (χ0) is 13.9. The summed E-state index contributed by atoms with van der Waals surface area (Å²) in [4.78, 5) is 4.91. The smallest absolute Gasteiger partial charge is 0.121 e. The van der Waals surface area contributed by atoms with Gasteiger partial charge in [-0.3, -0.25) is 0 Å². The number of hydrogen-bond donors (Lipinski definition) is 1. The molecular formula is C16H23N3O. The lowest BCUT2D eigenvalue weighted by Gasteiger charge is -2.23. The summed E-state index contributed by atoms with van der Waals surface area (Å²) in [7, 11) is 1.70. The number of nitrogens with one attached hydrogen (secondary N) is 1. The van der Waals surface area contributed by atoms with Crippen molar-refractivity contribution in [3.8, 4) is 5.75 Å². The molecule has 2 heterocycles. The number of methoxy groups -OCH3 is 1. The van der Waals surface area contributed by atoms with Gasteiger partial charge in [0.1, 0.15) is 11.6 Å². The molecule has 1 fully saturated rings. The van der Waals surface area contributed by atoms with Crippen molar-refractivity contribution in [1.82, 2.24) is 14.9 Å². The second-order valence-corrected chi connectivity index (χ2v) is 5.52. The molecule has 20 heavy (non-hydrogen) atoms. The average molecular weight is 273 g/mol. The summed E-state index contributed by atoms with van der Waals surface area (Å²) in [6, 6.07) is 6.21. The lowest BCUT2D eigenvalue weighted by molar-refractivity contribution is 0.415. The molecule has 0 spiro atoms. The van der Waals surface area contributed by atoms with Crippen LogP contribution in [-0.2, 0) is 6.54 Å². The Hall–Kier alpha value is -1.55. The van der Waals surface area contributed by atoms with Crippen LogP contribution in [0.4, 0.5) is 0 Å². The van der Waals surface area contributed by atoms with E-state index in [4.69, 9.17) is 9.72 Å². The van der Waals surface area contributed by atoms with E-state index in [1.165, 1.54) is 24.2 Å². The molecule has 1 aromatic carbocycles. The third-order valence-corrected chi connectivity index (χ3v) is 4.09. The minimum Gasteiger partial charge on any atom is -0.497 e. The molecule has 4 nitrogen and oxygen atoms in total. The number of aryl methyl sites for hydroxylation is 1. The Balaban J connectivity index is 2.06. The number of rotatable bonds is 4. The topological polar surface area (TPSA) is 39.1 Å². The maximum atomic E-state index is 5.32. The second kappa shape index (κ2) is 5.83. The predicted molar refractivity (Wildman–Crippen MR) is 81.4 cm³/mol. The molecule has 0 amide bonds. The number of aromatic nitrogens is 2. The van der Waals surface area contributed by atoms with Gasteiger partial charge in [-0.25, -0.2) is 4.98 Å². The lowest BCUT2D eigenvalue weighted by atomic mass is 9.99. The highest BCUT2D eigenvalue weighted by atomic mass is 16.5. The van der Waals surface area contributed by atoms with Crippen LogP contribution in [0.15, 0.2) is 18.2 Å². The summed E-state index contributed by atoms with van der Waals surface area (Å²) in [5, 5.41) is 3.49. The molecular weight excluding hydrogens is 250 g/mol. The van der Waals surface area contributed by atoms with Crippen LogP contribution in [0, 0.1) is 0 Å². The molecule has 1 aliphatic heterocycles. The molecule has 1 aromatic heterocycles. The monoisotopic (exact) mass is 273 g/mol. The van der Waals surface area contributed by atoms with Gasteiger partial charge in [-0.1, -0.05) is 6.92 Å². The summed E-state index contributed by atoms with van der Waals surface area (Å²) in [6.07, 6.45) is 3.60. The van der Waals surface area contributed by atoms with Gasteiger partial charge in [0.05, 0.1) is 18.1 Å². The Bertz CT molecular complexity index is 585. The molecule has 0 radical (unpaired) electrons. The Morgan fingerprint density at radius 3 is 3.05 bits per heavy atom. The van der Waals surface area contributed by atoms with Crippen LogP contribution in [0.1, 0.15) is 37.9 Å². The second-order valence-electron chi connectivity index (χ2n) is 5.52. The van der Waals surface area contributed by atoms with Crippen molar-refractivity contribution < 1.29 is 4.74 Å². The normalized spacial score (nSPS) is 19.4. The van der Waals surface area contributed by atoms with Gasteiger partial charge in [-0.15, -0.1) is 0 Å². The molecule has 108 valence electrons. The molecule has 1 aliphatic rings. The van der Waals surface area contributed by atoms with E-state index in [2.05, 4.69) is 22.9 Å². The summed E-state index contributed by atoms with van der Waals surface area (Å²) in [5.74, 6) is 2.66. The maximum Gasteiger partial charge on any atom is 0.121 e. The fraction of sp³-hybridized carbons (Fsp3) is 0.562. The zero-order valence-corrected chi connectivity index (χ0v) is 12.4. The van der Waals surface area contributed by atoms with Crippen LogP contribution in [-0.4, -0.2) is 29.8 Å². The first-order valence-corrected chi connectivity index (χ1v) is 7.58. The highest BCUT2D eigenvalue weighted by molar-refractivity contribution is 5.78. The lowest BCUT2D eigenvalue weighted by Crippen LogP contribution is -2.30. The molecule has 0 saturated carbocycles. The minimum atomic E-state index is 0.536. The van der Waals surface area contributed by atoms with Crippen molar-refractivity contribution >= 4 is 11.0 Å². The van der Waals surface area contributed by atoms with Crippen LogP contribution in [0.3, 0.4) is 0 Å². The molecule has 1 saturated heterocycles. The summed E-state index contributed by atoms with van der Waals surface area (Å²) >= 11 is 0. The quantitative estimate of drug-likeness (QED) is 0.931. The van der Waals surface area contributed by atoms with Crippen LogP contribution < -0.4 is 10.1 Å². The number of piperidine rings is 1. The van der Waals surface area contributed by atoms with Crippen LogP contribution >= 0.6 is 0 Å². The highest BCUT2D eigenvalue weighted by Crippen LogP contribution is 2.28. The Morgan fingerprint density at radius 1 is 1.45 bits per heavy atom. The fourth-order valence-electron chi connectivity index (χ4n) is 3.10. The molecule has 1 unspecified atom stereocenters. The summed E-state index contributed by atoms with van der Waals surface area (Å²) in [6.45, 7) is 5.44. The van der Waals surface area contributed by atoms with E-state index < -0.39 is 0 Å². The van der Waals surface area contributed by atoms with Crippen LogP contribution in [0.25, 0.3) is 11.0 Å². The van der Waals surface area contributed by atoms with E-state index in [0.717, 1.165) is 37.3 Å². The van der Waals surface area contributed by atoms with Gasteiger partial charge in [0, 0.05) is 25.1 Å². The Kier molecular flexibility index (Phi) is 3.92. The highest BCUT2D eigenvalue weighted by Gasteiger charge is 2.22. The van der Waals surface area contributed by atoms with Gasteiger partial charge in [0.25, 0.3) is 0 Å². The van der Waals surface area contributed by atoms with E-state index in [0.29, 0.717) is 5.92 Å².